The number of hydrogen-bond donors (Lipinski definition) is 15. The van der Waals surface area contributed by atoms with Crippen LogP contribution >= 0.6 is 11.6 Å². The van der Waals surface area contributed by atoms with Gasteiger partial charge in [0.15, 0.2) is 22.6 Å². The van der Waals surface area contributed by atoms with E-state index in [1.54, 1.807) is 31.2 Å². The van der Waals surface area contributed by atoms with Crippen LogP contribution in [0.2, 0.25) is 5.15 Å². The number of rotatable bonds is 26. The Morgan fingerprint density at radius 2 is 1.30 bits per heavy atom. The number of aliphatic imine (C=N–C) groups is 1. The van der Waals surface area contributed by atoms with Crippen molar-refractivity contribution < 1.29 is 60.7 Å². The maximum atomic E-state index is 13.3. The lowest BCUT2D eigenvalue weighted by molar-refractivity contribution is -0.130. The summed E-state index contributed by atoms with van der Waals surface area (Å²) in [5.74, 6) is -1.22. The average molecular weight is 959 g/mol. The second kappa shape index (κ2) is 26.5. The molecule has 4 rings (SSSR count). The van der Waals surface area contributed by atoms with Crippen molar-refractivity contribution in [1.82, 2.24) is 20.2 Å². The number of aryl methyl sites for hydroxylation is 3. The molecule has 0 bridgehead atoms. The number of nitrogens with one attached hydrogen (secondary N) is 2. The number of amides is 2. The SMILES string of the molecule is Cc1nc(N)c(C(=O)NC(N)=NCCCCc2ccc(C[C@@H](N)C(=O)Nc3ccc(CCCN(C[C@H](O)[C@@H](O)[C@H](O)[C@H](O)CO)C[C@H](O)[C@@H](O)[C@H](O)[C@H](O)CO)cc3)c3ccccc23)nc1Cl. The van der Waals surface area contributed by atoms with Crippen molar-refractivity contribution in [1.29, 1.82) is 0 Å². The molecule has 0 aliphatic heterocycles. The predicted octanol–water partition coefficient (Wildman–Crippen LogP) is -2.14. The number of benzene rings is 3. The van der Waals surface area contributed by atoms with E-state index in [1.807, 2.05) is 36.4 Å². The van der Waals surface area contributed by atoms with E-state index in [-0.39, 0.29) is 54.6 Å². The molecule has 2 amide bonds. The number of aromatic nitrogens is 2. The number of nitrogens with two attached hydrogens (primary N) is 3. The van der Waals surface area contributed by atoms with Gasteiger partial charge in [-0.2, -0.15) is 0 Å². The number of unbranched alkanes of at least 4 members (excludes halogenated alkanes) is 1. The summed E-state index contributed by atoms with van der Waals surface area (Å²) < 4.78 is 0. The maximum absolute atomic E-state index is 13.3. The van der Waals surface area contributed by atoms with Crippen LogP contribution < -0.4 is 27.8 Å². The fourth-order valence-electron chi connectivity index (χ4n) is 7.30. The summed E-state index contributed by atoms with van der Waals surface area (Å²) in [6.07, 6.45) is -11.0. The van der Waals surface area contributed by atoms with Crippen LogP contribution in [-0.2, 0) is 24.1 Å². The summed E-state index contributed by atoms with van der Waals surface area (Å²) >= 11 is 5.98. The molecule has 22 heteroatoms. The second-order valence-corrected chi connectivity index (χ2v) is 16.8. The highest BCUT2D eigenvalue weighted by atomic mass is 35.5. The van der Waals surface area contributed by atoms with Crippen molar-refractivity contribution in [2.45, 2.75) is 100 Å². The molecule has 0 spiro atoms. The molecule has 0 aliphatic rings. The lowest BCUT2D eigenvalue weighted by atomic mass is 9.93. The van der Waals surface area contributed by atoms with Gasteiger partial charge in [0.2, 0.25) is 5.91 Å². The van der Waals surface area contributed by atoms with E-state index in [0.29, 0.717) is 37.2 Å². The van der Waals surface area contributed by atoms with Gasteiger partial charge >= 0.3 is 0 Å². The summed E-state index contributed by atoms with van der Waals surface area (Å²) in [6.45, 7) is -0.363. The van der Waals surface area contributed by atoms with E-state index >= 15 is 0 Å². The summed E-state index contributed by atoms with van der Waals surface area (Å²) in [7, 11) is 0. The summed E-state index contributed by atoms with van der Waals surface area (Å²) in [4.78, 5) is 39.5. The summed E-state index contributed by atoms with van der Waals surface area (Å²) in [5, 5.41) is 107. The molecule has 3 aromatic carbocycles. The van der Waals surface area contributed by atoms with Gasteiger partial charge in [-0.15, -0.1) is 0 Å². The molecule has 0 saturated heterocycles. The normalized spacial score (nSPS) is 16.2. The van der Waals surface area contributed by atoms with Crippen LogP contribution in [0.15, 0.2) is 65.7 Å². The third-order valence-corrected chi connectivity index (χ3v) is 11.6. The van der Waals surface area contributed by atoms with Gasteiger partial charge in [-0.3, -0.25) is 24.8 Å². The number of fused-ring (bicyclic) bond motifs is 1. The number of nitrogens with zero attached hydrogens (tertiary/aromatic N) is 4. The van der Waals surface area contributed by atoms with Crippen LogP contribution in [0.5, 0.6) is 0 Å². The van der Waals surface area contributed by atoms with Crippen LogP contribution in [-0.4, -0.2) is 178 Å². The van der Waals surface area contributed by atoms with Crippen LogP contribution in [0.25, 0.3) is 10.8 Å². The number of aliphatic hydroxyl groups is 10. The minimum absolute atomic E-state index is 0.0563. The fourth-order valence-corrected chi connectivity index (χ4v) is 7.43. The number of nitrogen functional groups attached to an aromatic ring is 1. The maximum Gasteiger partial charge on any atom is 0.280 e. The molecule has 1 aromatic heterocycles. The van der Waals surface area contributed by atoms with Gasteiger partial charge in [0, 0.05) is 25.3 Å². The smallest absolute Gasteiger partial charge is 0.280 e. The first-order valence-electron chi connectivity index (χ1n) is 21.8. The van der Waals surface area contributed by atoms with Crippen molar-refractivity contribution in [3.05, 3.63) is 93.9 Å². The molecule has 0 unspecified atom stereocenters. The Morgan fingerprint density at radius 1 is 0.746 bits per heavy atom. The number of guanidine groups is 1. The molecule has 1 heterocycles. The number of aliphatic hydroxyl groups excluding tert-OH is 10. The van der Waals surface area contributed by atoms with E-state index in [1.165, 1.54) is 4.90 Å². The number of anilines is 2. The highest BCUT2D eigenvalue weighted by Crippen LogP contribution is 2.26. The molecule has 0 aliphatic carbocycles. The van der Waals surface area contributed by atoms with Gasteiger partial charge in [0.25, 0.3) is 5.91 Å². The highest BCUT2D eigenvalue weighted by molar-refractivity contribution is 6.30. The molecule has 0 fully saturated rings. The number of carbonyl (C=O) groups excluding carboxylic acids is 2. The molecular formula is C45H64ClN9O12. The van der Waals surface area contributed by atoms with E-state index in [4.69, 9.17) is 39.0 Å². The highest BCUT2D eigenvalue weighted by Gasteiger charge is 2.34. The van der Waals surface area contributed by atoms with Gasteiger partial charge in [0.05, 0.1) is 37.2 Å². The van der Waals surface area contributed by atoms with Crippen LogP contribution in [0.1, 0.15) is 52.1 Å². The number of hydrogen-bond acceptors (Lipinski definition) is 18. The van der Waals surface area contributed by atoms with Crippen molar-refractivity contribution >= 4 is 51.7 Å². The fraction of sp³-hybridized carbons (Fsp3) is 0.489. The third kappa shape index (κ3) is 16.1. The first-order valence-corrected chi connectivity index (χ1v) is 22.2. The molecule has 18 N–H and O–H groups in total. The molecule has 0 saturated carbocycles. The molecule has 368 valence electrons. The van der Waals surface area contributed by atoms with Gasteiger partial charge in [-0.05, 0) is 91.6 Å². The van der Waals surface area contributed by atoms with Gasteiger partial charge in [-0.1, -0.05) is 60.1 Å². The molecule has 67 heavy (non-hydrogen) atoms. The van der Waals surface area contributed by atoms with Crippen LogP contribution in [0.4, 0.5) is 11.5 Å². The topological polar surface area (TPSA) is 380 Å². The Labute approximate surface area is 392 Å². The summed E-state index contributed by atoms with van der Waals surface area (Å²) in [6, 6.07) is 18.0. The Balaban J connectivity index is 1.29. The zero-order valence-corrected chi connectivity index (χ0v) is 37.9. The third-order valence-electron chi connectivity index (χ3n) is 11.2. The van der Waals surface area contributed by atoms with Crippen molar-refractivity contribution in [3.8, 4) is 0 Å². The van der Waals surface area contributed by atoms with Gasteiger partial charge in [-0.25, -0.2) is 9.97 Å². The Morgan fingerprint density at radius 3 is 1.88 bits per heavy atom. The van der Waals surface area contributed by atoms with Gasteiger partial charge < -0.3 is 73.6 Å². The molecule has 9 atom stereocenters. The minimum atomic E-state index is -1.89. The van der Waals surface area contributed by atoms with E-state index < -0.39 is 74.0 Å². The Kier molecular flexibility index (Phi) is 21.6. The van der Waals surface area contributed by atoms with E-state index in [2.05, 4.69) is 25.6 Å². The molecule has 21 nitrogen and oxygen atoms in total. The zero-order chi connectivity index (χ0) is 49.4. The first-order chi connectivity index (χ1) is 31.8. The Hall–Kier alpha value is -4.98. The average Bonchev–Trinajstić information content (AvgIpc) is 3.31. The molecule has 0 radical (unpaired) electrons. The molecule has 4 aromatic rings. The van der Waals surface area contributed by atoms with Crippen molar-refractivity contribution in [2.24, 2.45) is 16.5 Å². The lowest BCUT2D eigenvalue weighted by Gasteiger charge is -2.33. The quantitative estimate of drug-likeness (QED) is 0.0181. The molecular weight excluding hydrogens is 894 g/mol. The zero-order valence-electron chi connectivity index (χ0n) is 37.1. The minimum Gasteiger partial charge on any atom is -0.394 e. The van der Waals surface area contributed by atoms with E-state index in [0.717, 1.165) is 40.3 Å². The van der Waals surface area contributed by atoms with Crippen LogP contribution in [0.3, 0.4) is 0 Å². The Bertz CT molecular complexity index is 2210. The second-order valence-electron chi connectivity index (χ2n) is 16.4. The first kappa shape index (κ1) is 54.6. The summed E-state index contributed by atoms with van der Waals surface area (Å²) in [5.41, 5.74) is 21.8. The lowest BCUT2D eigenvalue weighted by Crippen LogP contribution is -2.53. The largest absolute Gasteiger partial charge is 0.394 e. The van der Waals surface area contributed by atoms with Gasteiger partial charge in [0.1, 0.15) is 36.6 Å². The predicted molar refractivity (Wildman–Crippen MR) is 251 cm³/mol. The monoisotopic (exact) mass is 957 g/mol. The number of halogens is 1. The van der Waals surface area contributed by atoms with Crippen molar-refractivity contribution in [2.75, 3.05) is 50.4 Å². The number of carbonyl (C=O) groups is 2. The standard InChI is InChI=1S/C45H64ClN9O12/c1-24-41(46)53-36(42(48)51-24)44(67)54-45(49)50-17-5-4-8-26-13-14-27(30-10-3-2-9-29(26)30)19-31(47)43(66)52-28-15-11-25(12-16-28)7-6-18-55(20-32(58)37(62)39(64)34(60)22-56)21-33(59)38(63)40(65)35(61)23-57/h2-3,9-16,31-35,37-40,56-65H,4-8,17-23,47H2,1H3,(H2,48,51)(H,52,66)(H3,49,50,54,67)/t31-,32+,33+,34-,35-,37-,38-,39-,40-/m1/s1. The van der Waals surface area contributed by atoms with E-state index in [9.17, 15) is 50.4 Å². The van der Waals surface area contributed by atoms with Crippen LogP contribution in [0, 0.1) is 6.92 Å². The van der Waals surface area contributed by atoms with Crippen molar-refractivity contribution in [3.63, 3.8) is 0 Å².